The third-order valence-corrected chi connectivity index (χ3v) is 6.96. The molecule has 0 N–H and O–H groups in total. The van der Waals surface area contributed by atoms with Crippen LogP contribution in [0.1, 0.15) is 13.3 Å². The zero-order valence-corrected chi connectivity index (χ0v) is 9.85. The zero-order chi connectivity index (χ0) is 8.04. The zero-order valence-electron chi connectivity index (χ0n) is 7.44. The summed E-state index contributed by atoms with van der Waals surface area (Å²) in [6, 6.07) is 1.25. The highest BCUT2D eigenvalue weighted by molar-refractivity contribution is 6.74. The van der Waals surface area contributed by atoms with Gasteiger partial charge in [-0.3, -0.25) is 0 Å². The van der Waals surface area contributed by atoms with Gasteiger partial charge in [0, 0.05) is 7.11 Å². The summed E-state index contributed by atoms with van der Waals surface area (Å²) in [6.45, 7) is 6.71. The third-order valence-electron chi connectivity index (χ3n) is 1.42. The van der Waals surface area contributed by atoms with Crippen molar-refractivity contribution in [1.29, 1.82) is 0 Å². The lowest BCUT2D eigenvalue weighted by atomic mass is 10.6. The van der Waals surface area contributed by atoms with E-state index in [0.717, 1.165) is 0 Å². The van der Waals surface area contributed by atoms with Crippen molar-refractivity contribution in [2.24, 2.45) is 0 Å². The molecule has 4 heteroatoms. The Morgan fingerprint density at radius 3 is 2.40 bits per heavy atom. The second-order valence-electron chi connectivity index (χ2n) is 3.06. The summed E-state index contributed by atoms with van der Waals surface area (Å²) in [5, 5.41) is 0. The normalized spacial score (nSPS) is 13.2. The van der Waals surface area contributed by atoms with Crippen molar-refractivity contribution in [1.82, 2.24) is 0 Å². The van der Waals surface area contributed by atoms with E-state index in [9.17, 15) is 0 Å². The first-order chi connectivity index (χ1) is 4.62. The van der Waals surface area contributed by atoms with Crippen molar-refractivity contribution in [2.75, 3.05) is 7.11 Å². The van der Waals surface area contributed by atoms with Gasteiger partial charge in [-0.05, 0) is 19.1 Å². The van der Waals surface area contributed by atoms with Crippen molar-refractivity contribution in [3.05, 3.63) is 0 Å². The fourth-order valence-electron chi connectivity index (χ4n) is 0.893. The van der Waals surface area contributed by atoms with Crippen molar-refractivity contribution in [3.63, 3.8) is 0 Å². The van der Waals surface area contributed by atoms with Crippen molar-refractivity contribution >= 4 is 18.3 Å². The average Bonchev–Trinajstić information content (AvgIpc) is 1.84. The summed E-state index contributed by atoms with van der Waals surface area (Å²) < 4.78 is 10.6. The van der Waals surface area contributed by atoms with E-state index in [1.807, 2.05) is 0 Å². The number of hydrogen-bond acceptors (Lipinski definition) is 2. The van der Waals surface area contributed by atoms with E-state index in [0.29, 0.717) is 0 Å². The molecule has 10 heavy (non-hydrogen) atoms. The lowest BCUT2D eigenvalue weighted by Crippen LogP contribution is -2.32. The van der Waals surface area contributed by atoms with Gasteiger partial charge in [-0.2, -0.15) is 0 Å². The van der Waals surface area contributed by atoms with Crippen LogP contribution < -0.4 is 0 Å². The van der Waals surface area contributed by atoms with E-state index in [1.54, 1.807) is 7.11 Å². The topological polar surface area (TPSA) is 18.5 Å². The van der Waals surface area contributed by atoms with Gasteiger partial charge in [0.1, 0.15) is 0 Å². The smallest absolute Gasteiger partial charge is 0.293 e. The fraction of sp³-hybridized carbons (Fsp3) is 1.00. The molecule has 2 nitrogen and oxygen atoms in total. The Labute approximate surface area is 67.1 Å². The molecule has 0 aliphatic carbocycles. The minimum absolute atomic E-state index is 0.641. The van der Waals surface area contributed by atoms with Gasteiger partial charge in [0.15, 0.2) is 8.32 Å². The highest BCUT2D eigenvalue weighted by atomic mass is 28.4. The second-order valence-corrected chi connectivity index (χ2v) is 9.05. The second kappa shape index (κ2) is 5.06. The monoisotopic (exact) mass is 178 g/mol. The summed E-state index contributed by atoms with van der Waals surface area (Å²) in [5.41, 5.74) is 0. The molecule has 0 amide bonds. The van der Waals surface area contributed by atoms with E-state index in [1.165, 1.54) is 12.5 Å². The van der Waals surface area contributed by atoms with E-state index >= 15 is 0 Å². The van der Waals surface area contributed by atoms with Gasteiger partial charge in [-0.1, -0.05) is 13.3 Å². The van der Waals surface area contributed by atoms with Gasteiger partial charge in [0.05, 0.1) is 0 Å². The van der Waals surface area contributed by atoms with Crippen LogP contribution in [0.3, 0.4) is 0 Å². The lowest BCUT2D eigenvalue weighted by molar-refractivity contribution is 0.362. The van der Waals surface area contributed by atoms with E-state index in [4.69, 9.17) is 8.54 Å². The summed E-state index contributed by atoms with van der Waals surface area (Å²) >= 11 is 0. The third kappa shape index (κ3) is 5.16. The Hall–Kier alpha value is 0.354. The summed E-state index contributed by atoms with van der Waals surface area (Å²) in [4.78, 5) is 0. The van der Waals surface area contributed by atoms with Crippen molar-refractivity contribution < 1.29 is 8.54 Å². The van der Waals surface area contributed by atoms with Gasteiger partial charge < -0.3 is 8.54 Å². The van der Waals surface area contributed by atoms with Crippen molar-refractivity contribution in [3.8, 4) is 0 Å². The largest absolute Gasteiger partial charge is 0.440 e. The van der Waals surface area contributed by atoms with Gasteiger partial charge >= 0.3 is 0 Å². The van der Waals surface area contributed by atoms with Gasteiger partial charge in [0.2, 0.25) is 0 Å². The first-order valence-electron chi connectivity index (χ1n) is 3.75. The molecule has 0 aliphatic rings. The highest BCUT2D eigenvalue weighted by Crippen LogP contribution is 2.11. The van der Waals surface area contributed by atoms with Crippen LogP contribution in [0.25, 0.3) is 0 Å². The fourth-order valence-corrected chi connectivity index (χ4v) is 4.42. The van der Waals surface area contributed by atoms with Gasteiger partial charge in [0.25, 0.3) is 10.0 Å². The van der Waals surface area contributed by atoms with Crippen LogP contribution >= 0.6 is 0 Å². The van der Waals surface area contributed by atoms with E-state index in [-0.39, 0.29) is 0 Å². The Kier molecular flexibility index (Phi) is 5.24. The Morgan fingerprint density at radius 1 is 1.40 bits per heavy atom. The van der Waals surface area contributed by atoms with Crippen LogP contribution in [0.5, 0.6) is 0 Å². The van der Waals surface area contributed by atoms with Crippen LogP contribution in [0, 0.1) is 0 Å². The molecule has 0 rings (SSSR count). The molecule has 0 spiro atoms. The number of rotatable bonds is 5. The molecular formula is C6H18O2Si2. The quantitative estimate of drug-likeness (QED) is 0.590. The average molecular weight is 178 g/mol. The van der Waals surface area contributed by atoms with E-state index < -0.39 is 18.3 Å². The first kappa shape index (κ1) is 10.4. The molecule has 0 radical (unpaired) electrons. The number of hydrogen-bond donors (Lipinski definition) is 0. The Balaban J connectivity index is 3.42. The standard InChI is InChI=1S/C6H18O2Si2/c1-5-6-10(3,4)8-9-7-2/h5-6,9H2,1-4H3. The predicted octanol–water partition coefficient (Wildman–Crippen LogP) is 1.26. The van der Waals surface area contributed by atoms with Crippen LogP contribution in [0.15, 0.2) is 0 Å². The Bertz CT molecular complexity index is 85.8. The SMILES string of the molecule is CCC[Si](C)(C)O[SiH2]OC. The Morgan fingerprint density at radius 2 is 2.00 bits per heavy atom. The minimum atomic E-state index is -1.29. The van der Waals surface area contributed by atoms with Crippen molar-refractivity contribution in [2.45, 2.75) is 32.5 Å². The maximum absolute atomic E-state index is 5.67. The molecule has 0 aliphatic heterocycles. The van der Waals surface area contributed by atoms with Crippen LogP contribution in [0.4, 0.5) is 0 Å². The van der Waals surface area contributed by atoms with Gasteiger partial charge in [-0.25, -0.2) is 0 Å². The molecule has 0 aromatic rings. The molecule has 0 saturated heterocycles. The van der Waals surface area contributed by atoms with Crippen LogP contribution in [-0.4, -0.2) is 25.4 Å². The van der Waals surface area contributed by atoms with Gasteiger partial charge in [-0.15, -0.1) is 0 Å². The lowest BCUT2D eigenvalue weighted by Gasteiger charge is -2.21. The minimum Gasteiger partial charge on any atom is -0.440 e. The highest BCUT2D eigenvalue weighted by Gasteiger charge is 2.19. The molecule has 0 aromatic carbocycles. The molecule has 0 atom stereocenters. The molecule has 0 heterocycles. The molecule has 0 saturated carbocycles. The van der Waals surface area contributed by atoms with Crippen LogP contribution in [-0.2, 0) is 8.54 Å². The summed E-state index contributed by atoms with van der Waals surface area (Å²) in [5.74, 6) is 0. The summed E-state index contributed by atoms with van der Waals surface area (Å²) in [7, 11) is -0.204. The van der Waals surface area contributed by atoms with E-state index in [2.05, 4.69) is 20.0 Å². The molecule has 0 bridgehead atoms. The predicted molar refractivity (Wildman–Crippen MR) is 49.2 cm³/mol. The van der Waals surface area contributed by atoms with Crippen LogP contribution in [0.2, 0.25) is 19.1 Å². The molecule has 62 valence electrons. The maximum Gasteiger partial charge on any atom is 0.293 e. The molecular weight excluding hydrogens is 160 g/mol. The molecule has 0 unspecified atom stereocenters. The summed E-state index contributed by atoms with van der Waals surface area (Å²) in [6.07, 6.45) is 1.23. The first-order valence-corrected chi connectivity index (χ1v) is 8.02. The maximum atomic E-state index is 5.67. The molecule has 0 fully saturated rings. The molecule has 0 aromatic heterocycles.